The Morgan fingerprint density at radius 3 is 2.05 bits per heavy atom. The molecule has 6 rings (SSSR count). The van der Waals surface area contributed by atoms with E-state index < -0.39 is 0 Å². The summed E-state index contributed by atoms with van der Waals surface area (Å²) >= 11 is 0. The fourth-order valence-corrected chi connectivity index (χ4v) is 8.01. The minimum Gasteiger partial charge on any atom is -0.267 e. The highest BCUT2D eigenvalue weighted by molar-refractivity contribution is 6.00. The number of hydrogen-bond acceptors (Lipinski definition) is 6. The van der Waals surface area contributed by atoms with E-state index in [0.717, 1.165) is 49.9 Å². The number of nitrogens with one attached hydrogen (secondary N) is 2. The second-order valence-electron chi connectivity index (χ2n) is 12.0. The van der Waals surface area contributed by atoms with E-state index in [1.807, 2.05) is 0 Å². The van der Waals surface area contributed by atoms with Crippen molar-refractivity contribution >= 4 is 23.2 Å². The van der Waals surface area contributed by atoms with Gasteiger partial charge in [-0.2, -0.15) is 10.2 Å². The Labute approximate surface area is 229 Å². The summed E-state index contributed by atoms with van der Waals surface area (Å²) in [5.74, 6) is 1.53. The van der Waals surface area contributed by atoms with E-state index in [4.69, 9.17) is 5.10 Å². The van der Waals surface area contributed by atoms with Crippen molar-refractivity contribution in [1.29, 1.82) is 0 Å². The number of hydrogen-bond donors (Lipinski definition) is 2. The zero-order valence-electron chi connectivity index (χ0n) is 22.7. The van der Waals surface area contributed by atoms with Crippen molar-refractivity contribution in [2.24, 2.45) is 38.8 Å². The molecule has 2 heterocycles. The number of allylic oxidation sites excluding steroid dienone is 2. The number of nitrogens with zero attached hydrogens (tertiary/aromatic N) is 4. The molecule has 2 aromatic rings. The van der Waals surface area contributed by atoms with Gasteiger partial charge in [0.05, 0.1) is 5.71 Å². The normalized spacial score (nSPS) is 33.5. The standard InChI is InChI=1S/C31H36N6O2/c1-30-13-7-23(34-36-28(38)20-9-15-32-16-10-20)19-22(30)3-4-24-25-5-6-27(31(25,2)14-8-26(24)30)35-37-29(39)21-11-17-33-18-12-21/h9-12,15-19,24-26H,3-8,13-14H2,1-2H3,(H,36,38)(H,37,39)/b34-23-,35-27-/t24?,25?,26?,30-,31-/m0/s1. The van der Waals surface area contributed by atoms with Crippen molar-refractivity contribution in [2.45, 2.75) is 65.2 Å². The van der Waals surface area contributed by atoms with Crippen LogP contribution in [0.1, 0.15) is 85.9 Å². The number of hydrazone groups is 2. The van der Waals surface area contributed by atoms with Crippen LogP contribution < -0.4 is 10.9 Å². The Kier molecular flexibility index (Phi) is 6.65. The van der Waals surface area contributed by atoms with E-state index in [1.54, 1.807) is 49.1 Å². The molecule has 4 aliphatic rings. The first kappa shape index (κ1) is 25.6. The van der Waals surface area contributed by atoms with Crippen LogP contribution in [-0.2, 0) is 0 Å². The summed E-state index contributed by atoms with van der Waals surface area (Å²) in [6.45, 7) is 4.84. The minimum absolute atomic E-state index is 0.0444. The fourth-order valence-electron chi connectivity index (χ4n) is 8.01. The predicted octanol–water partition coefficient (Wildman–Crippen LogP) is 5.31. The first-order valence-electron chi connectivity index (χ1n) is 14.1. The zero-order chi connectivity index (χ0) is 27.0. The van der Waals surface area contributed by atoms with Gasteiger partial charge in [0, 0.05) is 47.0 Å². The van der Waals surface area contributed by atoms with Crippen LogP contribution in [0.15, 0.2) is 70.9 Å². The Hall–Kier alpha value is -3.68. The van der Waals surface area contributed by atoms with Gasteiger partial charge >= 0.3 is 0 Å². The smallest absolute Gasteiger partial charge is 0.267 e. The number of rotatable bonds is 4. The molecular weight excluding hydrogens is 488 g/mol. The molecule has 0 spiro atoms. The van der Waals surface area contributed by atoms with Crippen LogP contribution in [0.3, 0.4) is 0 Å². The van der Waals surface area contributed by atoms with E-state index in [2.05, 4.69) is 45.8 Å². The van der Waals surface area contributed by atoms with Crippen molar-refractivity contribution in [3.8, 4) is 0 Å². The van der Waals surface area contributed by atoms with Gasteiger partial charge in [0.1, 0.15) is 0 Å². The van der Waals surface area contributed by atoms with E-state index in [-0.39, 0.29) is 22.6 Å². The summed E-state index contributed by atoms with van der Waals surface area (Å²) in [6.07, 6.45) is 17.3. The lowest BCUT2D eigenvalue weighted by Gasteiger charge is -2.57. The lowest BCUT2D eigenvalue weighted by Crippen LogP contribution is -2.50. The molecule has 4 aliphatic carbocycles. The van der Waals surface area contributed by atoms with Crippen molar-refractivity contribution in [3.63, 3.8) is 0 Å². The molecule has 8 heteroatoms. The SMILES string of the molecule is C[C@]12CC/C(=N/NC(=O)c3ccncc3)C=C1CCC1C2CC[C@]2(C)/C(=N\NC(=O)c3ccncc3)CCC12. The maximum atomic E-state index is 12.6. The molecule has 0 aliphatic heterocycles. The molecule has 0 aromatic carbocycles. The largest absolute Gasteiger partial charge is 0.271 e. The Morgan fingerprint density at radius 1 is 0.769 bits per heavy atom. The molecule has 5 atom stereocenters. The van der Waals surface area contributed by atoms with Crippen molar-refractivity contribution in [1.82, 2.24) is 20.8 Å². The average Bonchev–Trinajstić information content (AvgIpc) is 3.31. The van der Waals surface area contributed by atoms with E-state index in [1.165, 1.54) is 18.4 Å². The molecular formula is C31H36N6O2. The highest BCUT2D eigenvalue weighted by Gasteiger charge is 2.58. The van der Waals surface area contributed by atoms with Gasteiger partial charge in [-0.05, 0) is 105 Å². The van der Waals surface area contributed by atoms with Gasteiger partial charge in [0.25, 0.3) is 11.8 Å². The summed E-state index contributed by atoms with van der Waals surface area (Å²) in [5.41, 5.74) is 10.5. The summed E-state index contributed by atoms with van der Waals surface area (Å²) < 4.78 is 0. The third-order valence-electron chi connectivity index (χ3n) is 10.2. The third-order valence-corrected chi connectivity index (χ3v) is 10.2. The Balaban J connectivity index is 1.15. The molecule has 0 radical (unpaired) electrons. The van der Waals surface area contributed by atoms with Crippen molar-refractivity contribution in [2.75, 3.05) is 0 Å². The second-order valence-corrected chi connectivity index (χ2v) is 12.0. The minimum atomic E-state index is -0.206. The first-order chi connectivity index (χ1) is 18.9. The third kappa shape index (κ3) is 4.60. The number of pyridine rings is 2. The molecule has 2 aromatic heterocycles. The topological polar surface area (TPSA) is 109 Å². The van der Waals surface area contributed by atoms with Crippen LogP contribution in [-0.4, -0.2) is 33.2 Å². The summed E-state index contributed by atoms with van der Waals surface area (Å²) in [6, 6.07) is 6.81. The summed E-state index contributed by atoms with van der Waals surface area (Å²) in [4.78, 5) is 33.0. The van der Waals surface area contributed by atoms with Crippen LogP contribution in [0, 0.1) is 28.6 Å². The van der Waals surface area contributed by atoms with Gasteiger partial charge in [-0.3, -0.25) is 19.6 Å². The number of amides is 2. The maximum Gasteiger partial charge on any atom is 0.271 e. The molecule has 3 saturated carbocycles. The average molecular weight is 525 g/mol. The monoisotopic (exact) mass is 524 g/mol. The Bertz CT molecular complexity index is 1350. The van der Waals surface area contributed by atoms with E-state index in [9.17, 15) is 9.59 Å². The number of aromatic nitrogens is 2. The van der Waals surface area contributed by atoms with Crippen LogP contribution in [0.2, 0.25) is 0 Å². The molecule has 2 amide bonds. The highest BCUT2D eigenvalue weighted by Crippen LogP contribution is 2.64. The maximum absolute atomic E-state index is 12.6. The van der Waals surface area contributed by atoms with Crippen LogP contribution >= 0.6 is 0 Å². The lowest BCUT2D eigenvalue weighted by molar-refractivity contribution is -0.0155. The Morgan fingerprint density at radius 2 is 1.38 bits per heavy atom. The van der Waals surface area contributed by atoms with E-state index >= 15 is 0 Å². The number of carbonyl (C=O) groups is 2. The summed E-state index contributed by atoms with van der Waals surface area (Å²) in [7, 11) is 0. The molecule has 0 saturated heterocycles. The van der Waals surface area contributed by atoms with Crippen molar-refractivity contribution in [3.05, 3.63) is 71.8 Å². The van der Waals surface area contributed by atoms with Gasteiger partial charge in [-0.1, -0.05) is 19.4 Å². The predicted molar refractivity (Wildman–Crippen MR) is 150 cm³/mol. The molecule has 3 unspecified atom stereocenters. The van der Waals surface area contributed by atoms with Crippen molar-refractivity contribution < 1.29 is 9.59 Å². The fraction of sp³-hybridized carbons (Fsp3) is 0.484. The quantitative estimate of drug-likeness (QED) is 0.528. The summed E-state index contributed by atoms with van der Waals surface area (Å²) in [5, 5.41) is 9.17. The molecule has 2 N–H and O–H groups in total. The molecule has 3 fully saturated rings. The van der Waals surface area contributed by atoms with Gasteiger partial charge in [0.15, 0.2) is 0 Å². The number of fused-ring (bicyclic) bond motifs is 5. The molecule has 202 valence electrons. The second kappa shape index (κ2) is 10.1. The molecule has 8 nitrogen and oxygen atoms in total. The van der Waals surface area contributed by atoms with Crippen LogP contribution in [0.25, 0.3) is 0 Å². The van der Waals surface area contributed by atoms with Crippen LogP contribution in [0.4, 0.5) is 0 Å². The number of carbonyl (C=O) groups excluding carboxylic acids is 2. The first-order valence-corrected chi connectivity index (χ1v) is 14.1. The van der Waals surface area contributed by atoms with Gasteiger partial charge in [-0.15, -0.1) is 0 Å². The van der Waals surface area contributed by atoms with Crippen LogP contribution in [0.5, 0.6) is 0 Å². The molecule has 0 bridgehead atoms. The van der Waals surface area contributed by atoms with Gasteiger partial charge in [-0.25, -0.2) is 10.9 Å². The lowest BCUT2D eigenvalue weighted by atomic mass is 9.47. The van der Waals surface area contributed by atoms with Gasteiger partial charge < -0.3 is 0 Å². The van der Waals surface area contributed by atoms with E-state index in [0.29, 0.717) is 28.9 Å². The molecule has 39 heavy (non-hydrogen) atoms. The highest BCUT2D eigenvalue weighted by atomic mass is 16.2. The van der Waals surface area contributed by atoms with Gasteiger partial charge in [0.2, 0.25) is 0 Å². The zero-order valence-corrected chi connectivity index (χ0v) is 22.7.